The van der Waals surface area contributed by atoms with Gasteiger partial charge in [0.25, 0.3) is 5.92 Å². The lowest BCUT2D eigenvalue weighted by molar-refractivity contribution is 0.0148. The zero-order valence-electron chi connectivity index (χ0n) is 12.6. The first-order valence-corrected chi connectivity index (χ1v) is 7.17. The SMILES string of the molecule is CN1CC(F)(F)c2cc(NC(=O)OCc3ccccc3)ccc21. The molecule has 0 saturated heterocycles. The maximum atomic E-state index is 13.9. The van der Waals surface area contributed by atoms with E-state index in [9.17, 15) is 13.6 Å². The van der Waals surface area contributed by atoms with Crippen molar-refractivity contribution >= 4 is 17.5 Å². The Kier molecular flexibility index (Phi) is 3.90. The van der Waals surface area contributed by atoms with Crippen LogP contribution in [0.4, 0.5) is 25.0 Å². The molecule has 0 radical (unpaired) electrons. The van der Waals surface area contributed by atoms with Gasteiger partial charge in [-0.15, -0.1) is 0 Å². The number of hydrogen-bond donors (Lipinski definition) is 1. The average Bonchev–Trinajstić information content (AvgIpc) is 2.75. The van der Waals surface area contributed by atoms with E-state index in [-0.39, 0.29) is 24.4 Å². The van der Waals surface area contributed by atoms with Gasteiger partial charge in [-0.25, -0.2) is 4.79 Å². The van der Waals surface area contributed by atoms with Crippen LogP contribution in [0.1, 0.15) is 11.1 Å². The number of carbonyl (C=O) groups excluding carboxylic acids is 1. The zero-order valence-corrected chi connectivity index (χ0v) is 12.6. The summed E-state index contributed by atoms with van der Waals surface area (Å²) < 4.78 is 32.9. The predicted molar refractivity (Wildman–Crippen MR) is 83.9 cm³/mol. The van der Waals surface area contributed by atoms with Gasteiger partial charge in [-0.05, 0) is 23.8 Å². The third kappa shape index (κ3) is 3.26. The molecular formula is C17H16F2N2O2. The molecule has 0 fully saturated rings. The van der Waals surface area contributed by atoms with E-state index in [1.54, 1.807) is 19.2 Å². The number of rotatable bonds is 3. The number of benzene rings is 2. The third-order valence-electron chi connectivity index (χ3n) is 3.70. The van der Waals surface area contributed by atoms with Crippen molar-refractivity contribution in [1.29, 1.82) is 0 Å². The van der Waals surface area contributed by atoms with E-state index in [0.29, 0.717) is 5.69 Å². The summed E-state index contributed by atoms with van der Waals surface area (Å²) >= 11 is 0. The number of likely N-dealkylation sites (N-methyl/N-ethyl adjacent to an activating group) is 1. The highest BCUT2D eigenvalue weighted by Gasteiger charge is 2.42. The van der Waals surface area contributed by atoms with Crippen LogP contribution in [0.2, 0.25) is 0 Å². The molecule has 1 aliphatic heterocycles. The second-order valence-electron chi connectivity index (χ2n) is 5.48. The number of anilines is 2. The quantitative estimate of drug-likeness (QED) is 0.931. The number of halogens is 2. The van der Waals surface area contributed by atoms with E-state index in [1.165, 1.54) is 11.0 Å². The predicted octanol–water partition coefficient (Wildman–Crippen LogP) is 3.98. The molecular weight excluding hydrogens is 302 g/mol. The van der Waals surface area contributed by atoms with Gasteiger partial charge in [-0.1, -0.05) is 30.3 Å². The van der Waals surface area contributed by atoms with Crippen LogP contribution in [0.3, 0.4) is 0 Å². The third-order valence-corrected chi connectivity index (χ3v) is 3.70. The van der Waals surface area contributed by atoms with Crippen LogP contribution >= 0.6 is 0 Å². The largest absolute Gasteiger partial charge is 0.444 e. The van der Waals surface area contributed by atoms with Gasteiger partial charge < -0.3 is 9.64 Å². The number of hydrogen-bond acceptors (Lipinski definition) is 3. The fourth-order valence-electron chi connectivity index (χ4n) is 2.58. The van der Waals surface area contributed by atoms with Crippen molar-refractivity contribution in [3.63, 3.8) is 0 Å². The summed E-state index contributed by atoms with van der Waals surface area (Å²) in [6.07, 6.45) is -0.677. The number of alkyl halides is 2. The lowest BCUT2D eigenvalue weighted by Crippen LogP contribution is -2.22. The number of nitrogens with one attached hydrogen (secondary N) is 1. The van der Waals surface area contributed by atoms with Crippen LogP contribution in [0.25, 0.3) is 0 Å². The second-order valence-corrected chi connectivity index (χ2v) is 5.48. The summed E-state index contributed by atoms with van der Waals surface area (Å²) in [6, 6.07) is 13.7. The molecule has 1 amide bonds. The van der Waals surface area contributed by atoms with Gasteiger partial charge in [0.2, 0.25) is 0 Å². The molecule has 2 aromatic carbocycles. The molecule has 2 aromatic rings. The minimum Gasteiger partial charge on any atom is -0.444 e. The van der Waals surface area contributed by atoms with Crippen molar-refractivity contribution in [2.75, 3.05) is 23.8 Å². The van der Waals surface area contributed by atoms with Crippen molar-refractivity contribution < 1.29 is 18.3 Å². The highest BCUT2D eigenvalue weighted by molar-refractivity contribution is 5.85. The summed E-state index contributed by atoms with van der Waals surface area (Å²) in [4.78, 5) is 13.3. The Morgan fingerprint density at radius 1 is 1.26 bits per heavy atom. The van der Waals surface area contributed by atoms with Gasteiger partial charge in [0.15, 0.2) is 0 Å². The molecule has 120 valence electrons. The summed E-state index contributed by atoms with van der Waals surface area (Å²) in [5.74, 6) is -2.92. The first kappa shape index (κ1) is 15.3. The molecule has 0 atom stereocenters. The fourth-order valence-corrected chi connectivity index (χ4v) is 2.58. The molecule has 6 heteroatoms. The molecule has 4 nitrogen and oxygen atoms in total. The summed E-state index contributed by atoms with van der Waals surface area (Å²) in [6.45, 7) is -0.235. The van der Waals surface area contributed by atoms with Crippen molar-refractivity contribution in [2.45, 2.75) is 12.5 Å². The van der Waals surface area contributed by atoms with E-state index >= 15 is 0 Å². The lowest BCUT2D eigenvalue weighted by atomic mass is 10.1. The minimum atomic E-state index is -2.92. The zero-order chi connectivity index (χ0) is 16.4. The molecule has 0 aromatic heterocycles. The Bertz CT molecular complexity index is 720. The van der Waals surface area contributed by atoms with Gasteiger partial charge in [0.05, 0.1) is 6.54 Å². The van der Waals surface area contributed by atoms with E-state index in [0.717, 1.165) is 5.56 Å². The maximum Gasteiger partial charge on any atom is 0.411 e. The smallest absolute Gasteiger partial charge is 0.411 e. The maximum absolute atomic E-state index is 13.9. The van der Waals surface area contributed by atoms with Gasteiger partial charge in [-0.3, -0.25) is 5.32 Å². The van der Waals surface area contributed by atoms with Gasteiger partial charge >= 0.3 is 6.09 Å². The Morgan fingerprint density at radius 3 is 2.74 bits per heavy atom. The summed E-state index contributed by atoms with van der Waals surface area (Å²) in [5.41, 5.74) is 1.53. The van der Waals surface area contributed by atoms with Gasteiger partial charge in [-0.2, -0.15) is 8.78 Å². The standard InChI is InChI=1S/C17H16F2N2O2/c1-21-11-17(18,19)14-9-13(7-8-15(14)21)20-16(22)23-10-12-5-3-2-4-6-12/h2-9H,10-11H2,1H3,(H,20,22). The Labute approximate surface area is 132 Å². The number of fused-ring (bicyclic) bond motifs is 1. The second kappa shape index (κ2) is 5.87. The number of ether oxygens (including phenoxy) is 1. The molecule has 0 saturated carbocycles. The topological polar surface area (TPSA) is 41.6 Å². The number of amides is 1. The van der Waals surface area contributed by atoms with E-state index < -0.39 is 12.0 Å². The fraction of sp³-hybridized carbons (Fsp3) is 0.235. The van der Waals surface area contributed by atoms with E-state index in [1.807, 2.05) is 30.3 Å². The molecule has 0 aliphatic carbocycles. The van der Waals surface area contributed by atoms with Crippen LogP contribution in [0, 0.1) is 0 Å². The molecule has 0 spiro atoms. The Hall–Kier alpha value is -2.63. The summed E-state index contributed by atoms with van der Waals surface area (Å²) in [7, 11) is 1.61. The molecule has 1 heterocycles. The Morgan fingerprint density at radius 2 is 2.00 bits per heavy atom. The van der Waals surface area contributed by atoms with Crippen molar-refractivity contribution in [2.24, 2.45) is 0 Å². The van der Waals surface area contributed by atoms with Gasteiger partial charge in [0.1, 0.15) is 6.61 Å². The molecule has 0 unspecified atom stereocenters. The van der Waals surface area contributed by atoms with Gasteiger partial charge in [0, 0.05) is 24.0 Å². The molecule has 1 aliphatic rings. The monoisotopic (exact) mass is 318 g/mol. The normalized spacial score (nSPS) is 15.2. The Balaban J connectivity index is 1.66. The van der Waals surface area contributed by atoms with Crippen molar-refractivity contribution in [1.82, 2.24) is 0 Å². The molecule has 1 N–H and O–H groups in total. The first-order valence-electron chi connectivity index (χ1n) is 7.17. The number of carbonyl (C=O) groups is 1. The molecule has 23 heavy (non-hydrogen) atoms. The molecule has 0 bridgehead atoms. The van der Waals surface area contributed by atoms with Crippen molar-refractivity contribution in [3.8, 4) is 0 Å². The average molecular weight is 318 g/mol. The first-order chi connectivity index (χ1) is 11.0. The van der Waals surface area contributed by atoms with Crippen LogP contribution < -0.4 is 10.2 Å². The van der Waals surface area contributed by atoms with Crippen LogP contribution in [0.5, 0.6) is 0 Å². The molecule has 3 rings (SSSR count). The highest BCUT2D eigenvalue weighted by atomic mass is 19.3. The lowest BCUT2D eigenvalue weighted by Gasteiger charge is -2.11. The highest BCUT2D eigenvalue weighted by Crippen LogP contribution is 2.43. The summed E-state index contributed by atoms with van der Waals surface area (Å²) in [5, 5.41) is 2.48. The van der Waals surface area contributed by atoms with E-state index in [4.69, 9.17) is 4.74 Å². The van der Waals surface area contributed by atoms with Crippen molar-refractivity contribution in [3.05, 3.63) is 59.7 Å². The van der Waals surface area contributed by atoms with Crippen LogP contribution in [-0.2, 0) is 17.3 Å². The van der Waals surface area contributed by atoms with Crippen LogP contribution in [0.15, 0.2) is 48.5 Å². The van der Waals surface area contributed by atoms with E-state index in [2.05, 4.69) is 5.32 Å². The minimum absolute atomic E-state index is 0.0825. The number of nitrogens with zero attached hydrogens (tertiary/aromatic N) is 1. The van der Waals surface area contributed by atoms with Crippen LogP contribution in [-0.4, -0.2) is 19.7 Å².